The van der Waals surface area contributed by atoms with E-state index in [2.05, 4.69) is 103 Å². The van der Waals surface area contributed by atoms with Crippen LogP contribution in [0.25, 0.3) is 0 Å². The molecule has 2 amide bonds. The third-order valence-corrected chi connectivity index (χ3v) is 19.2. The normalized spacial score (nSPS) is 17.4. The van der Waals surface area contributed by atoms with Crippen LogP contribution in [0, 0.1) is 50.2 Å². The number of ketones is 2. The van der Waals surface area contributed by atoms with E-state index in [9.17, 15) is 47.9 Å². The van der Waals surface area contributed by atoms with Crippen molar-refractivity contribution in [1.82, 2.24) is 10.6 Å². The number of carboxylic acids is 2. The molecule has 98 heavy (non-hydrogen) atoms. The number of amides is 2. The molecule has 2 unspecified atom stereocenters. The molecule has 5 rings (SSSR count). The maximum Gasteiger partial charge on any atom is 0.407 e. The fraction of sp³-hybridized carbons (Fsp3) is 0.747. The molecule has 0 aliphatic heterocycles. The highest BCUT2D eigenvalue weighted by Gasteiger charge is 2.52. The van der Waals surface area contributed by atoms with Crippen molar-refractivity contribution in [2.24, 2.45) is 50.2 Å². The number of benzene rings is 1. The van der Waals surface area contributed by atoms with Gasteiger partial charge in [0.2, 0.25) is 5.91 Å². The molecule has 4 N–H and O–H groups in total. The first-order chi connectivity index (χ1) is 44.8. The van der Waals surface area contributed by atoms with Crippen LogP contribution in [-0.2, 0) is 72.3 Å². The molecule has 19 heteroatoms. The SMILES string of the molecule is C=C(C)C(=O)OCCNC(=O)OC(C)COC(=O)C(C)(C)CC.C=CCOC(=O)C(C)(C)CC.CCC(C)(C)C(=O)NC12CC3CC(CC(C3)C1)C2.CCC(C)(C)C(=O)O.CCC(C)(C)C(=O)O.CCC(C)(C)C(=O)OCCC(=O)CC(C)=O.CCC(C)c1ccc(C(C)(C)C)cc1. The highest BCUT2D eigenvalue weighted by molar-refractivity contribution is 5.98. The fourth-order valence-corrected chi connectivity index (χ4v) is 9.33. The Morgan fingerprint density at radius 1 is 0.571 bits per heavy atom. The van der Waals surface area contributed by atoms with E-state index in [0.29, 0.717) is 38.2 Å². The van der Waals surface area contributed by atoms with Gasteiger partial charge in [-0.1, -0.05) is 134 Å². The van der Waals surface area contributed by atoms with E-state index in [1.165, 1.54) is 69.9 Å². The summed E-state index contributed by atoms with van der Waals surface area (Å²) >= 11 is 0. The van der Waals surface area contributed by atoms with Gasteiger partial charge in [-0.3, -0.25) is 38.4 Å². The van der Waals surface area contributed by atoms with Crippen molar-refractivity contribution in [3.8, 4) is 0 Å². The number of esters is 4. The van der Waals surface area contributed by atoms with Crippen molar-refractivity contribution < 1.29 is 81.8 Å². The average molecular weight is 1390 g/mol. The Kier molecular flexibility index (Phi) is 43.7. The van der Waals surface area contributed by atoms with Gasteiger partial charge in [-0.05, 0) is 214 Å². The van der Waals surface area contributed by atoms with Crippen LogP contribution in [0.5, 0.6) is 0 Å². The average Bonchev–Trinajstić information content (AvgIpc) is 0.748. The van der Waals surface area contributed by atoms with Crippen molar-refractivity contribution in [2.45, 2.75) is 299 Å². The quantitative estimate of drug-likeness (QED) is 0.0145. The van der Waals surface area contributed by atoms with Gasteiger partial charge in [0, 0.05) is 22.9 Å². The standard InChI is InChI=1S/C16H27NO6.C16H27NO.C14H22.C12H20O4.C9H16O2.2C6H12O2/c1-7-16(5,6)14(19)22-10-12(4)23-15(20)17-8-9-21-13(18)11(2)3;1-4-15(2,3)14(18)17-16-8-11-5-12(9-16)7-13(6-11)10-16;1-6-11(2)12-7-9-13(10-8-12)14(3,4)5;1-5-12(3,4)11(15)16-7-6-10(14)8-9(2)13;1-5-7-11-8(10)9(3,4)6-2;2*1-4-6(2,3)5(7)8/h12H,2,7-10H2,1,3-6H3,(H,17,20);11-13H,4-10H2,1-3H3,(H,17,18);7-11H,6H2,1-5H3;5-8H2,1-4H3;5H,1,6-7H2,2-4H3;2*4H2,1-3H3,(H,7,8). The molecule has 0 spiro atoms. The minimum atomic E-state index is -0.722. The summed E-state index contributed by atoms with van der Waals surface area (Å²) in [6.45, 7) is 56.8. The number of Topliss-reactive ketones (excluding diaryl/α,β-unsaturated/α-hetero) is 2. The Labute approximate surface area is 592 Å². The lowest BCUT2D eigenvalue weighted by Gasteiger charge is -2.57. The lowest BCUT2D eigenvalue weighted by Crippen LogP contribution is -2.61. The van der Waals surface area contributed by atoms with Crippen LogP contribution in [0.4, 0.5) is 4.79 Å². The summed E-state index contributed by atoms with van der Waals surface area (Å²) in [6, 6.07) is 9.08. The van der Waals surface area contributed by atoms with Crippen molar-refractivity contribution >= 4 is 59.4 Å². The lowest BCUT2D eigenvalue weighted by molar-refractivity contribution is -0.157. The molecule has 564 valence electrons. The van der Waals surface area contributed by atoms with E-state index < -0.39 is 51.8 Å². The number of aliphatic carboxylic acids is 2. The second kappa shape index (κ2) is 44.7. The van der Waals surface area contributed by atoms with Crippen LogP contribution in [0.3, 0.4) is 0 Å². The van der Waals surface area contributed by atoms with Crippen LogP contribution >= 0.6 is 0 Å². The highest BCUT2D eigenvalue weighted by atomic mass is 16.6. The monoisotopic (exact) mass is 1380 g/mol. The second-order valence-electron chi connectivity index (χ2n) is 31.7. The second-order valence-corrected chi connectivity index (χ2v) is 31.7. The molecule has 0 saturated heterocycles. The van der Waals surface area contributed by atoms with E-state index in [-0.39, 0.29) is 102 Å². The molecule has 19 nitrogen and oxygen atoms in total. The summed E-state index contributed by atoms with van der Waals surface area (Å²) in [5.41, 5.74) is 0.903. The Bertz CT molecular complexity index is 2610. The number of hydrogen-bond donors (Lipinski definition) is 4. The van der Waals surface area contributed by atoms with Gasteiger partial charge in [0.25, 0.3) is 0 Å². The van der Waals surface area contributed by atoms with E-state index in [4.69, 9.17) is 33.9 Å². The van der Waals surface area contributed by atoms with Crippen LogP contribution in [0.15, 0.2) is 49.1 Å². The minimum absolute atomic E-state index is 0.0136. The van der Waals surface area contributed by atoms with Gasteiger partial charge >= 0.3 is 41.9 Å². The third-order valence-electron chi connectivity index (χ3n) is 19.2. The molecule has 1 aromatic rings. The Morgan fingerprint density at radius 2 is 0.969 bits per heavy atom. The van der Waals surface area contributed by atoms with Crippen LogP contribution in [0.1, 0.15) is 293 Å². The van der Waals surface area contributed by atoms with Gasteiger partial charge in [-0.25, -0.2) is 9.59 Å². The third kappa shape index (κ3) is 38.3. The zero-order chi connectivity index (χ0) is 77.0. The molecule has 1 aromatic carbocycles. The van der Waals surface area contributed by atoms with Gasteiger partial charge in [-0.15, -0.1) is 0 Å². The first-order valence-electron chi connectivity index (χ1n) is 35.6. The number of carbonyl (C=O) groups excluding carboxylic acids is 8. The summed E-state index contributed by atoms with van der Waals surface area (Å²) in [6.07, 6.45) is 14.1. The predicted molar refractivity (Wildman–Crippen MR) is 390 cm³/mol. The number of carbonyl (C=O) groups is 10. The number of alkyl carbamates (subject to hydrolysis) is 1. The fourth-order valence-electron chi connectivity index (χ4n) is 9.33. The topological polar surface area (TPSA) is 281 Å². The molecule has 0 heterocycles. The van der Waals surface area contributed by atoms with Gasteiger partial charge in [0.15, 0.2) is 0 Å². The molecule has 4 bridgehead atoms. The Balaban J connectivity index is -0.00000111. The number of rotatable bonds is 29. The lowest BCUT2D eigenvalue weighted by atomic mass is 9.53. The molecular weight excluding hydrogens is 1250 g/mol. The molecule has 0 radical (unpaired) electrons. The summed E-state index contributed by atoms with van der Waals surface area (Å²) in [5, 5.41) is 22.8. The molecule has 2 atom stereocenters. The summed E-state index contributed by atoms with van der Waals surface area (Å²) in [4.78, 5) is 112. The van der Waals surface area contributed by atoms with Crippen LogP contribution in [-0.4, -0.2) is 114 Å². The summed E-state index contributed by atoms with van der Waals surface area (Å²) < 4.78 is 24.8. The smallest absolute Gasteiger partial charge is 0.407 e. The van der Waals surface area contributed by atoms with E-state index in [0.717, 1.165) is 30.6 Å². The van der Waals surface area contributed by atoms with E-state index in [1.54, 1.807) is 68.4 Å². The number of carboxylic acid groups (broad SMARTS) is 2. The predicted octanol–water partition coefficient (Wildman–Crippen LogP) is 17.3. The van der Waals surface area contributed by atoms with Crippen molar-refractivity contribution in [3.63, 3.8) is 0 Å². The minimum Gasteiger partial charge on any atom is -0.481 e. The number of nitrogens with one attached hydrogen (secondary N) is 2. The molecule has 0 aromatic heterocycles. The highest BCUT2D eigenvalue weighted by Crippen LogP contribution is 2.56. The van der Waals surface area contributed by atoms with E-state index >= 15 is 0 Å². The molecular formula is C79H136N2O17. The summed E-state index contributed by atoms with van der Waals surface area (Å²) in [7, 11) is 0. The van der Waals surface area contributed by atoms with Crippen molar-refractivity contribution in [1.29, 1.82) is 0 Å². The maximum atomic E-state index is 12.5. The van der Waals surface area contributed by atoms with Gasteiger partial charge < -0.3 is 44.5 Å². The number of hydrogen-bond acceptors (Lipinski definition) is 15. The first kappa shape index (κ1) is 95.8. The Hall–Kier alpha value is -6.40. The van der Waals surface area contributed by atoms with Crippen molar-refractivity contribution in [3.05, 3.63) is 60.2 Å². The van der Waals surface area contributed by atoms with Crippen molar-refractivity contribution in [2.75, 3.05) is 33.0 Å². The van der Waals surface area contributed by atoms with Gasteiger partial charge in [-0.2, -0.15) is 0 Å². The zero-order valence-corrected chi connectivity index (χ0v) is 65.8. The van der Waals surface area contributed by atoms with Crippen LogP contribution in [0.2, 0.25) is 0 Å². The number of ether oxygens (including phenoxy) is 5. The van der Waals surface area contributed by atoms with Crippen LogP contribution < -0.4 is 10.6 Å². The molecule has 4 aliphatic carbocycles. The van der Waals surface area contributed by atoms with E-state index in [1.807, 2.05) is 48.5 Å². The molecule has 4 aliphatic rings. The molecule has 4 saturated carbocycles. The Morgan fingerprint density at radius 3 is 1.31 bits per heavy atom. The zero-order valence-electron chi connectivity index (χ0n) is 65.8. The summed E-state index contributed by atoms with van der Waals surface area (Å²) in [5.74, 6) is 0.590. The largest absolute Gasteiger partial charge is 0.481 e. The van der Waals surface area contributed by atoms with Gasteiger partial charge in [0.05, 0.1) is 46.6 Å². The molecule has 4 fully saturated rings. The maximum absolute atomic E-state index is 12.5. The first-order valence-corrected chi connectivity index (χ1v) is 35.6. The van der Waals surface area contributed by atoms with Gasteiger partial charge in [0.1, 0.15) is 37.5 Å².